The first-order valence-electron chi connectivity index (χ1n) is 16.0. The van der Waals surface area contributed by atoms with Crippen molar-refractivity contribution in [1.29, 1.82) is 0 Å². The first-order valence-corrected chi connectivity index (χ1v) is 16.0. The van der Waals surface area contributed by atoms with Crippen LogP contribution in [0.25, 0.3) is 0 Å². The molecule has 0 spiro atoms. The largest absolute Gasteiger partial charge is 0.460 e. The zero-order valence-corrected chi connectivity index (χ0v) is 27.6. The van der Waals surface area contributed by atoms with Crippen LogP contribution < -0.4 is 16.4 Å². The number of hydrogen-bond donors (Lipinski definition) is 4. The van der Waals surface area contributed by atoms with Crippen LogP contribution >= 0.6 is 0 Å². The van der Waals surface area contributed by atoms with E-state index in [1.807, 2.05) is 39.8 Å². The van der Waals surface area contributed by atoms with Crippen molar-refractivity contribution < 1.29 is 38.6 Å². The number of benzene rings is 1. The third-order valence-electron chi connectivity index (χ3n) is 9.29. The van der Waals surface area contributed by atoms with E-state index >= 15 is 0 Å². The minimum absolute atomic E-state index is 0.0700. The van der Waals surface area contributed by atoms with Crippen molar-refractivity contribution in [3.8, 4) is 0 Å². The van der Waals surface area contributed by atoms with E-state index in [4.69, 9.17) is 10.5 Å². The molecule has 4 rings (SSSR count). The Morgan fingerprint density at radius 3 is 2.22 bits per heavy atom. The lowest BCUT2D eigenvalue weighted by atomic mass is 9.75. The predicted molar refractivity (Wildman–Crippen MR) is 167 cm³/mol. The maximum atomic E-state index is 13.8. The number of primary amides is 1. The molecule has 1 aromatic carbocycles. The molecule has 6 atom stereocenters. The summed E-state index contributed by atoms with van der Waals surface area (Å²) in [6.45, 7) is 10.9. The van der Waals surface area contributed by atoms with Crippen LogP contribution in [-0.2, 0) is 45.3 Å². The smallest absolute Gasteiger partial charge is 0.310 e. The van der Waals surface area contributed by atoms with Gasteiger partial charge in [0.1, 0.15) is 30.3 Å². The maximum absolute atomic E-state index is 13.8. The second kappa shape index (κ2) is 13.8. The van der Waals surface area contributed by atoms with Crippen LogP contribution in [0.3, 0.4) is 0 Å². The number of aryl methyl sites for hydroxylation is 2. The highest BCUT2D eigenvalue weighted by molar-refractivity contribution is 5.96. The van der Waals surface area contributed by atoms with Gasteiger partial charge in [-0.3, -0.25) is 28.8 Å². The van der Waals surface area contributed by atoms with E-state index in [0.717, 1.165) is 16.7 Å². The van der Waals surface area contributed by atoms with Gasteiger partial charge in [0.25, 0.3) is 0 Å². The van der Waals surface area contributed by atoms with Crippen LogP contribution in [-0.4, -0.2) is 99.9 Å². The van der Waals surface area contributed by atoms with Crippen LogP contribution in [0.15, 0.2) is 12.1 Å². The van der Waals surface area contributed by atoms with Crippen molar-refractivity contribution in [2.75, 3.05) is 13.1 Å². The number of esters is 1. The minimum Gasteiger partial charge on any atom is -0.460 e. The van der Waals surface area contributed by atoms with E-state index in [9.17, 15) is 33.9 Å². The molecule has 0 bridgehead atoms. The normalized spacial score (nSPS) is 28.8. The number of nitrogens with one attached hydrogen (secondary N) is 2. The highest BCUT2D eigenvalue weighted by Crippen LogP contribution is 2.34. The summed E-state index contributed by atoms with van der Waals surface area (Å²) in [6.07, 6.45) is -0.872. The van der Waals surface area contributed by atoms with Crippen molar-refractivity contribution in [1.82, 2.24) is 20.4 Å². The third-order valence-corrected chi connectivity index (χ3v) is 9.29. The van der Waals surface area contributed by atoms with E-state index < -0.39 is 77.3 Å². The zero-order chi connectivity index (χ0) is 34.1. The Hall–Kier alpha value is -4.00. The summed E-state index contributed by atoms with van der Waals surface area (Å²) in [5, 5.41) is 15.9. The number of carbonyl (C=O) groups excluding carboxylic acids is 6. The lowest BCUT2D eigenvalue weighted by Crippen LogP contribution is -2.60. The van der Waals surface area contributed by atoms with Crippen molar-refractivity contribution in [3.63, 3.8) is 0 Å². The monoisotopic (exact) mass is 641 g/mol. The fourth-order valence-electron chi connectivity index (χ4n) is 7.37. The number of aliphatic hydroxyl groups excluding tert-OH is 1. The quantitative estimate of drug-likeness (QED) is 0.331. The van der Waals surface area contributed by atoms with Gasteiger partial charge in [-0.15, -0.1) is 0 Å². The van der Waals surface area contributed by atoms with E-state index in [0.29, 0.717) is 31.2 Å². The average molecular weight is 642 g/mol. The van der Waals surface area contributed by atoms with Gasteiger partial charge in [-0.05, 0) is 75.5 Å². The molecule has 0 unspecified atom stereocenters. The van der Waals surface area contributed by atoms with Crippen molar-refractivity contribution in [2.45, 2.75) is 122 Å². The molecule has 46 heavy (non-hydrogen) atoms. The van der Waals surface area contributed by atoms with Gasteiger partial charge >= 0.3 is 5.97 Å². The van der Waals surface area contributed by atoms with E-state index in [1.54, 1.807) is 0 Å². The van der Waals surface area contributed by atoms with Gasteiger partial charge in [-0.2, -0.15) is 0 Å². The molecule has 0 radical (unpaired) electrons. The Morgan fingerprint density at radius 1 is 1.00 bits per heavy atom. The molecule has 252 valence electrons. The molecule has 1 aromatic rings. The second-order valence-electron chi connectivity index (χ2n) is 13.6. The van der Waals surface area contributed by atoms with E-state index in [-0.39, 0.29) is 25.9 Å². The summed E-state index contributed by atoms with van der Waals surface area (Å²) >= 11 is 0. The molecule has 2 saturated heterocycles. The van der Waals surface area contributed by atoms with Gasteiger partial charge in [-0.25, -0.2) is 0 Å². The Labute approximate surface area is 269 Å². The first-order chi connectivity index (χ1) is 21.5. The molecular formula is C33H47N5O8. The first kappa shape index (κ1) is 34.9. The highest BCUT2D eigenvalue weighted by Gasteiger charge is 2.45. The van der Waals surface area contributed by atoms with Gasteiger partial charge in [0.15, 0.2) is 0 Å². The van der Waals surface area contributed by atoms with Crippen LogP contribution in [0.2, 0.25) is 0 Å². The molecule has 5 amide bonds. The average Bonchev–Trinajstić information content (AvgIpc) is 3.62. The number of nitrogens with two attached hydrogens (primary N) is 1. The molecular weight excluding hydrogens is 594 g/mol. The van der Waals surface area contributed by atoms with Crippen molar-refractivity contribution in [2.24, 2.45) is 5.73 Å². The summed E-state index contributed by atoms with van der Waals surface area (Å²) in [5.41, 5.74) is 7.94. The number of rotatable bonds is 2. The topological polar surface area (TPSA) is 188 Å². The maximum Gasteiger partial charge on any atom is 0.310 e. The second-order valence-corrected chi connectivity index (χ2v) is 13.6. The number of hydrogen-bond acceptors (Lipinski definition) is 8. The Balaban J connectivity index is 1.76. The number of amides is 5. The lowest BCUT2D eigenvalue weighted by Gasteiger charge is -2.35. The van der Waals surface area contributed by atoms with Gasteiger partial charge < -0.3 is 36.0 Å². The van der Waals surface area contributed by atoms with E-state index in [2.05, 4.69) is 10.6 Å². The summed E-state index contributed by atoms with van der Waals surface area (Å²) < 4.78 is 5.64. The molecule has 0 aromatic heterocycles. The molecule has 13 nitrogen and oxygen atoms in total. The molecule has 0 saturated carbocycles. The summed E-state index contributed by atoms with van der Waals surface area (Å²) in [4.78, 5) is 83.2. The molecule has 3 heterocycles. The fraction of sp³-hybridized carbons (Fsp3) is 0.636. The van der Waals surface area contributed by atoms with Gasteiger partial charge in [0.2, 0.25) is 29.5 Å². The van der Waals surface area contributed by atoms with Gasteiger partial charge in [-0.1, -0.05) is 31.5 Å². The molecule has 5 N–H and O–H groups in total. The Bertz CT molecular complexity index is 1410. The highest BCUT2D eigenvalue weighted by atomic mass is 16.5. The minimum atomic E-state index is -1.35. The molecule has 0 aliphatic carbocycles. The zero-order valence-electron chi connectivity index (χ0n) is 27.6. The number of nitrogens with zero attached hydrogens (tertiary/aromatic N) is 2. The number of ether oxygens (including phenoxy) is 1. The summed E-state index contributed by atoms with van der Waals surface area (Å²) in [7, 11) is 0. The van der Waals surface area contributed by atoms with Gasteiger partial charge in [0, 0.05) is 19.5 Å². The van der Waals surface area contributed by atoms with Crippen molar-refractivity contribution >= 4 is 35.5 Å². The fourth-order valence-corrected chi connectivity index (χ4v) is 7.37. The Kier molecular flexibility index (Phi) is 10.4. The molecule has 3 aliphatic heterocycles. The van der Waals surface area contributed by atoms with Gasteiger partial charge in [0.05, 0.1) is 12.5 Å². The number of fused-ring (bicyclic) bond motifs is 3. The summed E-state index contributed by atoms with van der Waals surface area (Å²) in [5.74, 6) is -3.66. The molecule has 13 heteroatoms. The van der Waals surface area contributed by atoms with Crippen LogP contribution in [0.4, 0.5) is 0 Å². The molecule has 3 aliphatic rings. The van der Waals surface area contributed by atoms with Crippen LogP contribution in [0, 0.1) is 13.8 Å². The SMILES string of the molecule is Cc1cc(C)c2c(c1)CC(=O)O[C@H](C)[C@@H](C(N)=O)NC(=O)[C@@H]1CCCN1C(=O)[C@@H]1CCCN1C(=O)[C@H]([C@@H](C)O)NC(=O)CC2(C)C. The lowest BCUT2D eigenvalue weighted by molar-refractivity contribution is -0.152. The summed E-state index contributed by atoms with van der Waals surface area (Å²) in [6, 6.07) is -0.670. The predicted octanol–water partition coefficient (Wildman–Crippen LogP) is 0.277. The molecule has 2 fully saturated rings. The van der Waals surface area contributed by atoms with E-state index in [1.165, 1.54) is 23.6 Å². The Morgan fingerprint density at radius 2 is 1.61 bits per heavy atom. The van der Waals surface area contributed by atoms with Crippen LogP contribution in [0.1, 0.15) is 82.1 Å². The standard InChI is InChI=1S/C33H47N5O8/c1-17-13-18(2)26-21(14-17)15-25(41)46-20(4)28(29(34)42)36-30(43)22-9-7-11-37(22)31(44)23-10-8-12-38(23)32(45)27(19(3)39)35-24(40)16-33(26,5)6/h13-14,19-20,22-23,27-28,39H,7-12,15-16H2,1-6H3,(H2,34,42)(H,35,40)(H,36,43)/t19-,20-,22+,23+,27+,28+/m1/s1. The number of cyclic esters (lactones) is 1. The number of carbonyl (C=O) groups is 6. The van der Waals surface area contributed by atoms with Crippen LogP contribution in [0.5, 0.6) is 0 Å². The number of aliphatic hydroxyl groups is 1. The van der Waals surface area contributed by atoms with Crippen molar-refractivity contribution in [3.05, 3.63) is 34.4 Å². The third kappa shape index (κ3) is 7.35.